The fourth-order valence-electron chi connectivity index (χ4n) is 2.82. The van der Waals surface area contributed by atoms with E-state index in [2.05, 4.69) is 26.0 Å². The van der Waals surface area contributed by atoms with Gasteiger partial charge in [-0.3, -0.25) is 9.97 Å². The first-order chi connectivity index (χ1) is 12.6. The van der Waals surface area contributed by atoms with Crippen molar-refractivity contribution in [3.63, 3.8) is 0 Å². The molecule has 5 heteroatoms. The molecule has 0 amide bonds. The summed E-state index contributed by atoms with van der Waals surface area (Å²) in [5.41, 5.74) is 6.82. The van der Waals surface area contributed by atoms with E-state index in [0.29, 0.717) is 17.7 Å². The molecule has 0 saturated carbocycles. The molecule has 5 nitrogen and oxygen atoms in total. The topological polar surface area (TPSA) is 75.3 Å². The molecule has 0 N–H and O–H groups in total. The summed E-state index contributed by atoms with van der Waals surface area (Å²) >= 11 is 0. The number of pyridine rings is 2. The van der Waals surface area contributed by atoms with Crippen molar-refractivity contribution in [3.05, 3.63) is 83.0 Å². The molecule has 0 saturated heterocycles. The van der Waals surface area contributed by atoms with Gasteiger partial charge < -0.3 is 0 Å². The van der Waals surface area contributed by atoms with Crippen molar-refractivity contribution in [2.24, 2.45) is 0 Å². The third-order valence-electron chi connectivity index (χ3n) is 4.08. The van der Waals surface area contributed by atoms with Crippen LogP contribution in [0.3, 0.4) is 0 Å². The molecule has 0 aromatic carbocycles. The molecule has 3 aromatic rings. The molecule has 3 aromatic heterocycles. The lowest BCUT2D eigenvalue weighted by molar-refractivity contribution is 1.09. The summed E-state index contributed by atoms with van der Waals surface area (Å²) in [6.45, 7) is 5.95. The lowest BCUT2D eigenvalue weighted by Crippen LogP contribution is -2.02. The maximum absolute atomic E-state index is 9.93. The summed E-state index contributed by atoms with van der Waals surface area (Å²) in [6, 6.07) is 8.32. The second-order valence-corrected chi connectivity index (χ2v) is 6.29. The molecular weight excluding hydrogens is 322 g/mol. The van der Waals surface area contributed by atoms with Crippen LogP contribution in [-0.4, -0.2) is 19.9 Å². The van der Waals surface area contributed by atoms with Crippen LogP contribution in [0.1, 0.15) is 33.6 Å². The van der Waals surface area contributed by atoms with Crippen molar-refractivity contribution in [2.75, 3.05) is 0 Å². The molecule has 0 unspecified atom stereocenters. The van der Waals surface area contributed by atoms with E-state index in [1.807, 2.05) is 39.0 Å². The van der Waals surface area contributed by atoms with Crippen LogP contribution in [0.5, 0.6) is 0 Å². The Morgan fingerprint density at radius 2 is 1.69 bits per heavy atom. The van der Waals surface area contributed by atoms with Crippen LogP contribution < -0.4 is 0 Å². The summed E-state index contributed by atoms with van der Waals surface area (Å²) in [5, 5.41) is 9.93. The molecule has 3 rings (SSSR count). The Balaban J connectivity index is 2.20. The lowest BCUT2D eigenvalue weighted by Gasteiger charge is -2.12. The van der Waals surface area contributed by atoms with Crippen LogP contribution in [0, 0.1) is 32.1 Å². The highest BCUT2D eigenvalue weighted by Crippen LogP contribution is 2.29. The number of hydrogen-bond donors (Lipinski definition) is 0. The van der Waals surface area contributed by atoms with Gasteiger partial charge in [0.1, 0.15) is 12.4 Å². The zero-order valence-corrected chi connectivity index (χ0v) is 15.1. The van der Waals surface area contributed by atoms with Crippen molar-refractivity contribution in [1.29, 1.82) is 5.26 Å². The minimum atomic E-state index is 0.509. The minimum Gasteiger partial charge on any atom is -0.256 e. The normalized spacial score (nSPS) is 11.6. The van der Waals surface area contributed by atoms with E-state index in [1.165, 1.54) is 6.33 Å². The maximum atomic E-state index is 9.93. The van der Waals surface area contributed by atoms with Crippen molar-refractivity contribution < 1.29 is 0 Å². The number of rotatable bonds is 4. The highest BCUT2D eigenvalue weighted by Gasteiger charge is 2.17. The van der Waals surface area contributed by atoms with E-state index in [9.17, 15) is 5.26 Å². The largest absolute Gasteiger partial charge is 0.256 e. The van der Waals surface area contributed by atoms with Crippen molar-refractivity contribution in [2.45, 2.75) is 27.2 Å². The Bertz CT molecular complexity index is 983. The molecule has 0 bridgehead atoms. The van der Waals surface area contributed by atoms with Gasteiger partial charge in [-0.05, 0) is 49.1 Å². The van der Waals surface area contributed by atoms with Crippen LogP contribution in [0.15, 0.2) is 49.3 Å². The van der Waals surface area contributed by atoms with Gasteiger partial charge in [0.25, 0.3) is 0 Å². The minimum absolute atomic E-state index is 0.509. The Morgan fingerprint density at radius 3 is 2.31 bits per heavy atom. The first kappa shape index (κ1) is 17.4. The Morgan fingerprint density at radius 1 is 0.962 bits per heavy atom. The van der Waals surface area contributed by atoms with Crippen molar-refractivity contribution in [3.8, 4) is 6.07 Å². The van der Waals surface area contributed by atoms with E-state index >= 15 is 0 Å². The molecule has 0 aliphatic heterocycles. The highest BCUT2D eigenvalue weighted by molar-refractivity contribution is 5.96. The molecule has 0 fully saturated rings. The Labute approximate surface area is 153 Å². The molecule has 0 spiro atoms. The SMILES string of the molecule is Cc1ccc(/C(Cc2cncnc2)=C(\C#N)c2ncc(C)cc2C)nc1. The second kappa shape index (κ2) is 7.66. The summed E-state index contributed by atoms with van der Waals surface area (Å²) in [5.74, 6) is 0. The zero-order valence-electron chi connectivity index (χ0n) is 15.1. The molecule has 128 valence electrons. The molecule has 0 aliphatic carbocycles. The van der Waals surface area contributed by atoms with E-state index in [4.69, 9.17) is 0 Å². The maximum Gasteiger partial charge on any atom is 0.115 e. The number of allylic oxidation sites excluding steroid dienone is 2. The predicted molar refractivity (Wildman–Crippen MR) is 101 cm³/mol. The third kappa shape index (κ3) is 3.81. The summed E-state index contributed by atoms with van der Waals surface area (Å²) in [7, 11) is 0. The zero-order chi connectivity index (χ0) is 18.5. The van der Waals surface area contributed by atoms with Crippen LogP contribution in [0.2, 0.25) is 0 Å². The van der Waals surface area contributed by atoms with Gasteiger partial charge >= 0.3 is 0 Å². The first-order valence-electron chi connectivity index (χ1n) is 8.32. The van der Waals surface area contributed by atoms with E-state index in [0.717, 1.165) is 33.5 Å². The first-order valence-corrected chi connectivity index (χ1v) is 8.32. The fourth-order valence-corrected chi connectivity index (χ4v) is 2.82. The summed E-state index contributed by atoms with van der Waals surface area (Å²) in [4.78, 5) is 17.2. The van der Waals surface area contributed by atoms with Gasteiger partial charge in [0.15, 0.2) is 0 Å². The standard InChI is InChI=1S/C21H19N5/c1-14-4-5-20(25-9-14)18(7-17-11-23-13-24-12-17)19(8-22)21-16(3)6-15(2)10-26-21/h4-6,9-13H,7H2,1-3H3/b19-18+. The number of aromatic nitrogens is 4. The highest BCUT2D eigenvalue weighted by atomic mass is 14.8. The Kier molecular flexibility index (Phi) is 5.14. The molecule has 0 atom stereocenters. The summed E-state index contributed by atoms with van der Waals surface area (Å²) < 4.78 is 0. The second-order valence-electron chi connectivity index (χ2n) is 6.29. The van der Waals surface area contributed by atoms with Gasteiger partial charge in [-0.2, -0.15) is 5.26 Å². The summed E-state index contributed by atoms with van der Waals surface area (Å²) in [6.07, 6.45) is 9.10. The number of hydrogen-bond acceptors (Lipinski definition) is 5. The van der Waals surface area contributed by atoms with Crippen LogP contribution in [0.25, 0.3) is 11.1 Å². The van der Waals surface area contributed by atoms with Crippen LogP contribution >= 0.6 is 0 Å². The van der Waals surface area contributed by atoms with Gasteiger partial charge in [0.2, 0.25) is 0 Å². The molecule has 26 heavy (non-hydrogen) atoms. The van der Waals surface area contributed by atoms with Crippen LogP contribution in [-0.2, 0) is 6.42 Å². The number of aryl methyl sites for hydroxylation is 3. The number of nitriles is 1. The quantitative estimate of drug-likeness (QED) is 0.673. The van der Waals surface area contributed by atoms with Gasteiger partial charge in [-0.25, -0.2) is 9.97 Å². The lowest BCUT2D eigenvalue weighted by atomic mass is 9.94. The number of nitrogens with zero attached hydrogens (tertiary/aromatic N) is 5. The van der Waals surface area contributed by atoms with E-state index in [-0.39, 0.29) is 0 Å². The molecule has 0 aliphatic rings. The predicted octanol–water partition coefficient (Wildman–Crippen LogP) is 3.87. The van der Waals surface area contributed by atoms with Gasteiger partial charge in [-0.15, -0.1) is 0 Å². The average molecular weight is 341 g/mol. The average Bonchev–Trinajstić information content (AvgIpc) is 2.64. The van der Waals surface area contributed by atoms with Crippen LogP contribution in [0.4, 0.5) is 0 Å². The van der Waals surface area contributed by atoms with Gasteiger partial charge in [0.05, 0.1) is 17.0 Å². The monoisotopic (exact) mass is 341 g/mol. The van der Waals surface area contributed by atoms with E-state index in [1.54, 1.807) is 24.8 Å². The molecule has 0 radical (unpaired) electrons. The van der Waals surface area contributed by atoms with E-state index < -0.39 is 0 Å². The van der Waals surface area contributed by atoms with Crippen molar-refractivity contribution >= 4 is 11.1 Å². The van der Waals surface area contributed by atoms with Crippen molar-refractivity contribution in [1.82, 2.24) is 19.9 Å². The smallest absolute Gasteiger partial charge is 0.115 e. The van der Waals surface area contributed by atoms with Gasteiger partial charge in [0, 0.05) is 36.8 Å². The molecular formula is C21H19N5. The third-order valence-corrected chi connectivity index (χ3v) is 4.08. The fraction of sp³-hybridized carbons (Fsp3) is 0.190. The van der Waals surface area contributed by atoms with Gasteiger partial charge in [-0.1, -0.05) is 12.1 Å². The Hall–Kier alpha value is -3.39. The molecule has 3 heterocycles.